The van der Waals surface area contributed by atoms with Gasteiger partial charge >= 0.3 is 5.97 Å². The molecule has 1 N–H and O–H groups in total. The molecule has 4 nitrogen and oxygen atoms in total. The van der Waals surface area contributed by atoms with Gasteiger partial charge in [0.2, 0.25) is 0 Å². The molecule has 0 saturated carbocycles. The van der Waals surface area contributed by atoms with Crippen LogP contribution in [0.15, 0.2) is 72.8 Å². The van der Waals surface area contributed by atoms with Gasteiger partial charge in [0.05, 0.1) is 12.2 Å². The number of hydrogen-bond acceptors (Lipinski definition) is 3. The molecule has 42 heavy (non-hydrogen) atoms. The van der Waals surface area contributed by atoms with Crippen LogP contribution in [0.1, 0.15) is 114 Å². The molecule has 1 heterocycles. The van der Waals surface area contributed by atoms with E-state index >= 15 is 0 Å². The number of hydrogen-bond donors (Lipinski definition) is 1. The average molecular weight is 571 g/mol. The number of benzene rings is 3. The Morgan fingerprint density at radius 2 is 1.57 bits per heavy atom. The Labute approximate surface area is 253 Å². The largest absolute Gasteiger partial charge is 0.482 e. The highest BCUT2D eigenvalue weighted by molar-refractivity contribution is 5.68. The van der Waals surface area contributed by atoms with Crippen LogP contribution in [0.4, 0.5) is 0 Å². The Hall–Kier alpha value is -3.11. The standard InChI is InChI=1S/C38H50O4/c1-9-13-34-31(26-16-18-27(19-17-26)37(4,5)6)23-30(25(2)3)36(42-34)32-22-29(20-21-33(32)41-24-35(39)40)38(7,8)28-14-11-10-12-15-28/h10-12,14-22,25,30-31,34,36H,9,13,23-24H2,1-8H3,(H,39,40)/t30-,31-,34+,36+/m0/s1. The minimum atomic E-state index is -0.984. The van der Waals surface area contributed by atoms with Gasteiger partial charge in [-0.1, -0.05) is 122 Å². The van der Waals surface area contributed by atoms with E-state index < -0.39 is 5.97 Å². The summed E-state index contributed by atoms with van der Waals surface area (Å²) in [5, 5.41) is 9.44. The van der Waals surface area contributed by atoms with E-state index in [2.05, 4.69) is 116 Å². The van der Waals surface area contributed by atoms with Crippen molar-refractivity contribution in [1.82, 2.24) is 0 Å². The molecule has 4 rings (SSSR count). The lowest BCUT2D eigenvalue weighted by Crippen LogP contribution is -2.38. The minimum Gasteiger partial charge on any atom is -0.482 e. The van der Waals surface area contributed by atoms with Gasteiger partial charge in [0.15, 0.2) is 6.61 Å². The van der Waals surface area contributed by atoms with E-state index in [-0.39, 0.29) is 35.6 Å². The monoisotopic (exact) mass is 570 g/mol. The molecule has 0 aliphatic carbocycles. The molecule has 0 aromatic heterocycles. The molecule has 3 aromatic rings. The number of carbonyl (C=O) groups is 1. The third-order valence-corrected chi connectivity index (χ3v) is 9.20. The first-order valence-corrected chi connectivity index (χ1v) is 15.6. The summed E-state index contributed by atoms with van der Waals surface area (Å²) in [5.41, 5.74) is 5.88. The fourth-order valence-corrected chi connectivity index (χ4v) is 6.47. The zero-order valence-corrected chi connectivity index (χ0v) is 26.8. The van der Waals surface area contributed by atoms with Crippen LogP contribution in [0.2, 0.25) is 0 Å². The first-order chi connectivity index (χ1) is 19.8. The maximum Gasteiger partial charge on any atom is 0.341 e. The van der Waals surface area contributed by atoms with E-state index in [1.54, 1.807) is 0 Å². The summed E-state index contributed by atoms with van der Waals surface area (Å²) < 4.78 is 13.1. The topological polar surface area (TPSA) is 55.8 Å². The molecule has 4 heteroatoms. The lowest BCUT2D eigenvalue weighted by atomic mass is 9.71. The van der Waals surface area contributed by atoms with Crippen molar-refractivity contribution in [1.29, 1.82) is 0 Å². The summed E-state index contributed by atoms with van der Waals surface area (Å²) >= 11 is 0. The highest BCUT2D eigenvalue weighted by Gasteiger charge is 2.42. The van der Waals surface area contributed by atoms with E-state index in [1.165, 1.54) is 16.7 Å². The van der Waals surface area contributed by atoms with Crippen molar-refractivity contribution in [2.24, 2.45) is 11.8 Å². The van der Waals surface area contributed by atoms with Gasteiger partial charge in [0.1, 0.15) is 5.75 Å². The molecule has 3 aromatic carbocycles. The molecule has 1 fully saturated rings. The second-order valence-corrected chi connectivity index (χ2v) is 13.9. The number of carboxylic acid groups (broad SMARTS) is 1. The molecule has 226 valence electrons. The highest BCUT2D eigenvalue weighted by Crippen LogP contribution is 2.50. The molecule has 1 aliphatic rings. The normalized spacial score (nSPS) is 21.4. The zero-order valence-electron chi connectivity index (χ0n) is 26.8. The molecule has 1 saturated heterocycles. The number of ether oxygens (including phenoxy) is 2. The van der Waals surface area contributed by atoms with Crippen molar-refractivity contribution >= 4 is 5.97 Å². The second-order valence-electron chi connectivity index (χ2n) is 13.9. The summed E-state index contributed by atoms with van der Waals surface area (Å²) in [6, 6.07) is 25.9. The van der Waals surface area contributed by atoms with Crippen molar-refractivity contribution in [2.75, 3.05) is 6.61 Å². The lowest BCUT2D eigenvalue weighted by molar-refractivity contribution is -0.139. The van der Waals surface area contributed by atoms with Gasteiger partial charge < -0.3 is 14.6 Å². The lowest BCUT2D eigenvalue weighted by Gasteiger charge is -2.44. The summed E-state index contributed by atoms with van der Waals surface area (Å²) in [5.74, 6) is 0.529. The van der Waals surface area contributed by atoms with E-state index in [9.17, 15) is 9.90 Å². The molecule has 4 atom stereocenters. The first kappa shape index (κ1) is 31.8. The predicted octanol–water partition coefficient (Wildman–Crippen LogP) is 9.46. The third-order valence-electron chi connectivity index (χ3n) is 9.20. The fourth-order valence-electron chi connectivity index (χ4n) is 6.47. The van der Waals surface area contributed by atoms with E-state index in [0.29, 0.717) is 17.6 Å². The van der Waals surface area contributed by atoms with Crippen molar-refractivity contribution in [3.63, 3.8) is 0 Å². The number of aliphatic carboxylic acids is 1. The van der Waals surface area contributed by atoms with Gasteiger partial charge in [0.25, 0.3) is 0 Å². The Kier molecular flexibility index (Phi) is 9.88. The van der Waals surface area contributed by atoms with E-state index in [1.807, 2.05) is 12.1 Å². The van der Waals surface area contributed by atoms with E-state index in [0.717, 1.165) is 30.4 Å². The Morgan fingerprint density at radius 1 is 0.929 bits per heavy atom. The Morgan fingerprint density at radius 3 is 2.14 bits per heavy atom. The van der Waals surface area contributed by atoms with Gasteiger partial charge in [-0.05, 0) is 64.5 Å². The van der Waals surface area contributed by atoms with Gasteiger partial charge in [-0.25, -0.2) is 4.79 Å². The fraction of sp³-hybridized carbons (Fsp3) is 0.500. The SMILES string of the molecule is CCC[C@H]1O[C@@H](c2cc(C(C)(C)c3ccccc3)ccc2OCC(=O)O)[C@H](C(C)C)C[C@H]1c1ccc(C(C)(C)C)cc1. The van der Waals surface area contributed by atoms with Crippen LogP contribution in [0.3, 0.4) is 0 Å². The predicted molar refractivity (Wildman–Crippen MR) is 171 cm³/mol. The van der Waals surface area contributed by atoms with Crippen LogP contribution in [-0.4, -0.2) is 23.8 Å². The maximum atomic E-state index is 11.5. The zero-order chi connectivity index (χ0) is 30.7. The highest BCUT2D eigenvalue weighted by atomic mass is 16.5. The summed E-state index contributed by atoms with van der Waals surface area (Å²) in [4.78, 5) is 11.5. The van der Waals surface area contributed by atoms with Gasteiger partial charge in [0, 0.05) is 16.9 Å². The Bertz CT molecular complexity index is 1320. The quantitative estimate of drug-likeness (QED) is 0.264. The molecular weight excluding hydrogens is 520 g/mol. The summed E-state index contributed by atoms with van der Waals surface area (Å²) in [6.45, 7) is 17.6. The molecule has 0 unspecified atom stereocenters. The molecule has 0 bridgehead atoms. The van der Waals surface area contributed by atoms with Crippen LogP contribution in [-0.2, 0) is 20.4 Å². The Balaban J connectivity index is 1.77. The van der Waals surface area contributed by atoms with Crippen LogP contribution in [0.5, 0.6) is 5.75 Å². The first-order valence-electron chi connectivity index (χ1n) is 15.6. The van der Waals surface area contributed by atoms with E-state index in [4.69, 9.17) is 9.47 Å². The molecule has 0 spiro atoms. The maximum absolute atomic E-state index is 11.5. The van der Waals surface area contributed by atoms with Crippen molar-refractivity contribution in [2.45, 2.75) is 104 Å². The van der Waals surface area contributed by atoms with Crippen LogP contribution in [0, 0.1) is 11.8 Å². The van der Waals surface area contributed by atoms with Crippen LogP contribution < -0.4 is 4.74 Å². The van der Waals surface area contributed by atoms with Gasteiger partial charge in [-0.2, -0.15) is 0 Å². The van der Waals surface area contributed by atoms with Crippen molar-refractivity contribution < 1.29 is 19.4 Å². The second kappa shape index (κ2) is 13.0. The molecule has 1 aliphatic heterocycles. The van der Waals surface area contributed by atoms with Gasteiger partial charge in [-0.15, -0.1) is 0 Å². The number of rotatable bonds is 10. The minimum absolute atomic E-state index is 0.0635. The van der Waals surface area contributed by atoms with Crippen LogP contribution >= 0.6 is 0 Å². The number of carboxylic acids is 1. The smallest absolute Gasteiger partial charge is 0.341 e. The van der Waals surface area contributed by atoms with Gasteiger partial charge in [-0.3, -0.25) is 0 Å². The van der Waals surface area contributed by atoms with Crippen LogP contribution in [0.25, 0.3) is 0 Å². The average Bonchev–Trinajstić information content (AvgIpc) is 2.96. The third kappa shape index (κ3) is 7.09. The molecule has 0 amide bonds. The summed E-state index contributed by atoms with van der Waals surface area (Å²) in [6.07, 6.45) is 2.87. The molecule has 0 radical (unpaired) electrons. The van der Waals surface area contributed by atoms with Crippen molar-refractivity contribution in [3.05, 3.63) is 101 Å². The van der Waals surface area contributed by atoms with Crippen molar-refractivity contribution in [3.8, 4) is 5.75 Å². The molecular formula is C38H50O4. The summed E-state index contributed by atoms with van der Waals surface area (Å²) in [7, 11) is 0.